The predicted molar refractivity (Wildman–Crippen MR) is 82.1 cm³/mol. The molecule has 0 aromatic heterocycles. The van der Waals surface area contributed by atoms with E-state index in [0.29, 0.717) is 12.5 Å². The fourth-order valence-electron chi connectivity index (χ4n) is 3.20. The van der Waals surface area contributed by atoms with Crippen LogP contribution in [0.3, 0.4) is 0 Å². The van der Waals surface area contributed by atoms with E-state index in [1.807, 2.05) is 13.1 Å². The van der Waals surface area contributed by atoms with E-state index in [9.17, 15) is 15.2 Å². The van der Waals surface area contributed by atoms with E-state index < -0.39 is 0 Å². The molecule has 0 amide bonds. The van der Waals surface area contributed by atoms with Crippen molar-refractivity contribution in [2.24, 2.45) is 5.92 Å². The van der Waals surface area contributed by atoms with Gasteiger partial charge in [-0.2, -0.15) is 0 Å². The van der Waals surface area contributed by atoms with Crippen molar-refractivity contribution >= 4 is 5.69 Å². The second-order valence-electron chi connectivity index (χ2n) is 6.13. The quantitative estimate of drug-likeness (QED) is 0.669. The van der Waals surface area contributed by atoms with Gasteiger partial charge in [-0.05, 0) is 38.3 Å². The lowest BCUT2D eigenvalue weighted by molar-refractivity contribution is -0.385. The van der Waals surface area contributed by atoms with E-state index in [4.69, 9.17) is 0 Å². The Morgan fingerprint density at radius 2 is 2.10 bits per heavy atom. The highest BCUT2D eigenvalue weighted by molar-refractivity contribution is 5.44. The third-order valence-corrected chi connectivity index (χ3v) is 4.47. The van der Waals surface area contributed by atoms with Crippen molar-refractivity contribution < 1.29 is 10.0 Å². The Morgan fingerprint density at radius 3 is 2.76 bits per heavy atom. The summed E-state index contributed by atoms with van der Waals surface area (Å²) in [6.45, 7) is 3.32. The minimum absolute atomic E-state index is 0.179. The number of hydrogen-bond acceptors (Lipinski definition) is 4. The highest BCUT2D eigenvalue weighted by Crippen LogP contribution is 2.26. The van der Waals surface area contributed by atoms with Crippen molar-refractivity contribution in [1.29, 1.82) is 0 Å². The topological polar surface area (TPSA) is 66.6 Å². The van der Waals surface area contributed by atoms with E-state index in [1.165, 1.54) is 6.42 Å². The molecule has 1 aliphatic carbocycles. The number of rotatable bonds is 5. The Bertz CT molecular complexity index is 504. The van der Waals surface area contributed by atoms with Gasteiger partial charge in [0.25, 0.3) is 5.69 Å². The zero-order valence-corrected chi connectivity index (χ0v) is 12.8. The van der Waals surface area contributed by atoms with Crippen LogP contribution in [0.1, 0.15) is 36.8 Å². The van der Waals surface area contributed by atoms with Gasteiger partial charge in [-0.3, -0.25) is 10.1 Å². The summed E-state index contributed by atoms with van der Waals surface area (Å²) in [4.78, 5) is 12.8. The van der Waals surface area contributed by atoms with Crippen LogP contribution in [-0.4, -0.2) is 34.6 Å². The van der Waals surface area contributed by atoms with Crippen LogP contribution in [0.2, 0.25) is 0 Å². The summed E-state index contributed by atoms with van der Waals surface area (Å²) in [5, 5.41) is 21.0. The lowest BCUT2D eigenvalue weighted by Gasteiger charge is -2.31. The average molecular weight is 292 g/mol. The number of nitro benzene ring substituents is 1. The van der Waals surface area contributed by atoms with Crippen molar-refractivity contribution in [3.63, 3.8) is 0 Å². The number of nitrogens with zero attached hydrogens (tertiary/aromatic N) is 2. The molecule has 0 heterocycles. The molecule has 0 aliphatic heterocycles. The minimum atomic E-state index is -0.330. The zero-order chi connectivity index (χ0) is 15.4. The molecule has 5 heteroatoms. The molecule has 0 radical (unpaired) electrons. The number of aliphatic hydroxyl groups excluding tert-OH is 1. The predicted octanol–water partition coefficient (Wildman–Crippen LogP) is 2.89. The summed E-state index contributed by atoms with van der Waals surface area (Å²) >= 11 is 0. The van der Waals surface area contributed by atoms with Crippen LogP contribution < -0.4 is 0 Å². The second kappa shape index (κ2) is 7.00. The molecule has 0 spiro atoms. The molecule has 1 aliphatic rings. The monoisotopic (exact) mass is 292 g/mol. The van der Waals surface area contributed by atoms with Crippen LogP contribution in [0.25, 0.3) is 0 Å². The Hall–Kier alpha value is -1.46. The van der Waals surface area contributed by atoms with Gasteiger partial charge < -0.3 is 10.0 Å². The first-order chi connectivity index (χ1) is 9.99. The van der Waals surface area contributed by atoms with Crippen LogP contribution in [0, 0.1) is 23.0 Å². The van der Waals surface area contributed by atoms with Crippen LogP contribution in [0.15, 0.2) is 18.2 Å². The molecule has 116 valence electrons. The van der Waals surface area contributed by atoms with Gasteiger partial charge in [-0.1, -0.05) is 25.0 Å². The number of benzene rings is 1. The largest absolute Gasteiger partial charge is 0.393 e. The van der Waals surface area contributed by atoms with E-state index in [1.54, 1.807) is 19.1 Å². The Balaban J connectivity index is 2.01. The smallest absolute Gasteiger partial charge is 0.272 e. The third kappa shape index (κ3) is 4.02. The molecule has 5 nitrogen and oxygen atoms in total. The Labute approximate surface area is 125 Å². The van der Waals surface area contributed by atoms with Gasteiger partial charge in [0, 0.05) is 24.7 Å². The van der Waals surface area contributed by atoms with E-state index in [-0.39, 0.29) is 16.7 Å². The molecule has 1 aromatic rings. The van der Waals surface area contributed by atoms with E-state index in [2.05, 4.69) is 4.90 Å². The SMILES string of the molecule is Cc1c(CN(C)CC2CCCCC2O)cccc1[N+](=O)[O-]. The molecule has 2 unspecified atom stereocenters. The van der Waals surface area contributed by atoms with Crippen molar-refractivity contribution in [3.05, 3.63) is 39.4 Å². The van der Waals surface area contributed by atoms with Crippen molar-refractivity contribution in [3.8, 4) is 0 Å². The molecule has 0 saturated heterocycles. The number of hydrogen-bond donors (Lipinski definition) is 1. The first kappa shape index (κ1) is 15.9. The Kier molecular flexibility index (Phi) is 5.31. The molecular formula is C16H24N2O3. The molecule has 1 N–H and O–H groups in total. The van der Waals surface area contributed by atoms with Gasteiger partial charge in [0.05, 0.1) is 11.0 Å². The summed E-state index contributed by atoms with van der Waals surface area (Å²) in [5.74, 6) is 0.322. The third-order valence-electron chi connectivity index (χ3n) is 4.47. The zero-order valence-electron chi connectivity index (χ0n) is 12.8. The highest BCUT2D eigenvalue weighted by Gasteiger charge is 2.24. The minimum Gasteiger partial charge on any atom is -0.393 e. The number of nitro groups is 1. The van der Waals surface area contributed by atoms with Gasteiger partial charge in [0.2, 0.25) is 0 Å². The van der Waals surface area contributed by atoms with Gasteiger partial charge >= 0.3 is 0 Å². The fraction of sp³-hybridized carbons (Fsp3) is 0.625. The van der Waals surface area contributed by atoms with Crippen LogP contribution >= 0.6 is 0 Å². The van der Waals surface area contributed by atoms with Crippen molar-refractivity contribution in [2.75, 3.05) is 13.6 Å². The second-order valence-corrected chi connectivity index (χ2v) is 6.13. The average Bonchev–Trinajstić information content (AvgIpc) is 2.43. The number of aliphatic hydroxyl groups is 1. The maximum Gasteiger partial charge on any atom is 0.272 e. The summed E-state index contributed by atoms with van der Waals surface area (Å²) in [6.07, 6.45) is 4.07. The molecule has 2 atom stereocenters. The van der Waals surface area contributed by atoms with Gasteiger partial charge in [-0.25, -0.2) is 0 Å². The van der Waals surface area contributed by atoms with Gasteiger partial charge in [0.1, 0.15) is 0 Å². The molecule has 2 rings (SSSR count). The highest BCUT2D eigenvalue weighted by atomic mass is 16.6. The van der Waals surface area contributed by atoms with Crippen molar-refractivity contribution in [1.82, 2.24) is 4.90 Å². The molecule has 0 bridgehead atoms. The van der Waals surface area contributed by atoms with E-state index >= 15 is 0 Å². The van der Waals surface area contributed by atoms with Crippen LogP contribution in [0.5, 0.6) is 0 Å². The van der Waals surface area contributed by atoms with Gasteiger partial charge in [0.15, 0.2) is 0 Å². The first-order valence-corrected chi connectivity index (χ1v) is 7.58. The summed E-state index contributed by atoms with van der Waals surface area (Å²) < 4.78 is 0. The van der Waals surface area contributed by atoms with Crippen LogP contribution in [0.4, 0.5) is 5.69 Å². The van der Waals surface area contributed by atoms with Crippen molar-refractivity contribution in [2.45, 2.75) is 45.3 Å². The summed E-state index contributed by atoms with van der Waals surface area (Å²) in [6, 6.07) is 5.23. The fourth-order valence-corrected chi connectivity index (χ4v) is 3.20. The van der Waals surface area contributed by atoms with Gasteiger partial charge in [-0.15, -0.1) is 0 Å². The Morgan fingerprint density at radius 1 is 1.38 bits per heavy atom. The standard InChI is InChI=1S/C16H24N2O3/c1-12-13(7-5-8-15(12)18(20)21)10-17(2)11-14-6-3-4-9-16(14)19/h5,7-8,14,16,19H,3-4,6,9-11H2,1-2H3. The van der Waals surface area contributed by atoms with Crippen LogP contribution in [-0.2, 0) is 6.54 Å². The summed E-state index contributed by atoms with van der Waals surface area (Å²) in [7, 11) is 2.01. The summed E-state index contributed by atoms with van der Waals surface area (Å²) in [5.41, 5.74) is 1.90. The first-order valence-electron chi connectivity index (χ1n) is 7.58. The lowest BCUT2D eigenvalue weighted by Crippen LogP contribution is -2.34. The lowest BCUT2D eigenvalue weighted by atomic mass is 9.86. The maximum absolute atomic E-state index is 11.0. The molecule has 1 saturated carbocycles. The van der Waals surface area contributed by atoms with E-state index in [0.717, 1.165) is 36.9 Å². The maximum atomic E-state index is 11.0. The molecule has 21 heavy (non-hydrogen) atoms. The normalized spacial score (nSPS) is 22.5. The molecule has 1 fully saturated rings. The molecule has 1 aromatic carbocycles. The molecular weight excluding hydrogens is 268 g/mol.